The van der Waals surface area contributed by atoms with Crippen LogP contribution in [0.1, 0.15) is 20.3 Å². The zero-order chi connectivity index (χ0) is 20.0. The van der Waals surface area contributed by atoms with Crippen molar-refractivity contribution in [3.63, 3.8) is 0 Å². The number of amidine groups is 1. The van der Waals surface area contributed by atoms with Crippen LogP contribution < -0.4 is 26.8 Å². The molecule has 0 radical (unpaired) electrons. The van der Waals surface area contributed by atoms with E-state index in [1.807, 2.05) is 0 Å². The van der Waals surface area contributed by atoms with Gasteiger partial charge in [-0.05, 0) is 24.5 Å². The van der Waals surface area contributed by atoms with Crippen molar-refractivity contribution in [3.05, 3.63) is 30.0 Å². The number of amides is 1. The number of alkyl halides is 1. The Bertz CT molecular complexity index is 722. The molecule has 0 saturated carbocycles. The van der Waals surface area contributed by atoms with Crippen molar-refractivity contribution in [1.29, 1.82) is 0 Å². The number of dihydropyridines is 1. The third-order valence-corrected chi connectivity index (χ3v) is 4.07. The highest BCUT2D eigenvalue weighted by molar-refractivity contribution is 6.25. The average Bonchev–Trinajstić information content (AvgIpc) is 2.63. The predicted octanol–water partition coefficient (Wildman–Crippen LogP) is 0.953. The number of aliphatic imine (C=N–C) groups is 1. The number of halogens is 1. The van der Waals surface area contributed by atoms with Crippen LogP contribution in [-0.4, -0.2) is 48.8 Å². The molecule has 0 bridgehead atoms. The molecule has 27 heavy (non-hydrogen) atoms. The summed E-state index contributed by atoms with van der Waals surface area (Å²) in [7, 11) is 1.49. The van der Waals surface area contributed by atoms with E-state index < -0.39 is 18.2 Å². The lowest BCUT2D eigenvalue weighted by Crippen LogP contribution is -2.49. The molecule has 3 atom stereocenters. The molecule has 1 aliphatic heterocycles. The van der Waals surface area contributed by atoms with Gasteiger partial charge < -0.3 is 21.5 Å². The number of ether oxygens (including phenoxy) is 1. The summed E-state index contributed by atoms with van der Waals surface area (Å²) in [6.45, 7) is 4.49. The van der Waals surface area contributed by atoms with Gasteiger partial charge in [0.25, 0.3) is 5.91 Å². The Labute approximate surface area is 158 Å². The van der Waals surface area contributed by atoms with Crippen molar-refractivity contribution in [1.82, 2.24) is 10.3 Å². The normalized spacial score (nSPS) is 20.7. The first-order valence-electron chi connectivity index (χ1n) is 8.81. The maximum atomic E-state index is 14.6. The first-order valence-corrected chi connectivity index (χ1v) is 8.81. The number of carbonyl (C=O) groups excluding carboxylic acids is 1. The molecular weight excluding hydrogens is 351 g/mol. The number of hydrogen-bond acceptors (Lipinski definition) is 7. The van der Waals surface area contributed by atoms with Crippen LogP contribution in [0.25, 0.3) is 0 Å². The van der Waals surface area contributed by atoms with Gasteiger partial charge in [0.2, 0.25) is 5.88 Å². The van der Waals surface area contributed by atoms with Crippen LogP contribution in [0.3, 0.4) is 0 Å². The standard InChI is InChI=1S/C18H27FN6O2/c1-10(2)6-12(9-20)24-18-14(19)8-13(16(21)26)17(25-18)23-11-4-5-22-15(7-11)27-3/h4-5,7-8,10,12,14,18,24H,6,9,20H2,1-3H3,(H2,21,26)(H,22,23,25)/t12-,14?,18?/m1/s1. The van der Waals surface area contributed by atoms with Gasteiger partial charge in [-0.3, -0.25) is 10.1 Å². The molecule has 8 nitrogen and oxygen atoms in total. The van der Waals surface area contributed by atoms with Gasteiger partial charge in [0.1, 0.15) is 12.0 Å². The van der Waals surface area contributed by atoms with Crippen molar-refractivity contribution in [2.24, 2.45) is 22.4 Å². The van der Waals surface area contributed by atoms with Gasteiger partial charge in [-0.15, -0.1) is 0 Å². The lowest BCUT2D eigenvalue weighted by atomic mass is 10.0. The highest BCUT2D eigenvalue weighted by Gasteiger charge is 2.30. The molecule has 0 saturated heterocycles. The summed E-state index contributed by atoms with van der Waals surface area (Å²) >= 11 is 0. The van der Waals surface area contributed by atoms with Gasteiger partial charge in [-0.25, -0.2) is 14.4 Å². The van der Waals surface area contributed by atoms with Gasteiger partial charge in [0.15, 0.2) is 6.17 Å². The number of nitrogens with zero attached hydrogens (tertiary/aromatic N) is 2. The van der Waals surface area contributed by atoms with E-state index in [2.05, 4.69) is 34.5 Å². The molecule has 2 rings (SSSR count). The maximum Gasteiger partial charge on any atom is 0.252 e. The van der Waals surface area contributed by atoms with E-state index in [9.17, 15) is 9.18 Å². The summed E-state index contributed by atoms with van der Waals surface area (Å²) in [5.41, 5.74) is 11.8. The number of pyridine rings is 1. The zero-order valence-electron chi connectivity index (χ0n) is 15.8. The summed E-state index contributed by atoms with van der Waals surface area (Å²) in [6, 6.07) is 3.21. The quantitative estimate of drug-likeness (QED) is 0.533. The SMILES string of the molecule is COc1cc(NC2=NC(N[C@@H](CN)CC(C)C)C(F)C=C2C(N)=O)ccn1. The number of hydrogen-bond donors (Lipinski definition) is 4. The Hall–Kier alpha value is -2.52. The molecule has 1 aliphatic rings. The number of anilines is 1. The van der Waals surface area contributed by atoms with E-state index in [0.29, 0.717) is 24.0 Å². The minimum Gasteiger partial charge on any atom is -0.481 e. The van der Waals surface area contributed by atoms with Crippen molar-refractivity contribution in [2.75, 3.05) is 19.0 Å². The zero-order valence-corrected chi connectivity index (χ0v) is 15.8. The third-order valence-electron chi connectivity index (χ3n) is 4.07. The summed E-state index contributed by atoms with van der Waals surface area (Å²) < 4.78 is 19.6. The minimum atomic E-state index is -1.49. The molecule has 0 fully saturated rings. The van der Waals surface area contributed by atoms with Crippen LogP contribution >= 0.6 is 0 Å². The Morgan fingerprint density at radius 2 is 2.19 bits per heavy atom. The number of nitrogens with one attached hydrogen (secondary N) is 2. The fraction of sp³-hybridized carbons (Fsp3) is 0.500. The summed E-state index contributed by atoms with van der Waals surface area (Å²) in [6.07, 6.45) is 1.14. The van der Waals surface area contributed by atoms with E-state index in [0.717, 1.165) is 6.42 Å². The van der Waals surface area contributed by atoms with Crippen LogP contribution in [0, 0.1) is 5.92 Å². The second-order valence-corrected chi connectivity index (χ2v) is 6.75. The topological polar surface area (TPSA) is 128 Å². The Morgan fingerprint density at radius 3 is 2.78 bits per heavy atom. The van der Waals surface area contributed by atoms with Crippen molar-refractivity contribution >= 4 is 17.4 Å². The number of rotatable bonds is 8. The van der Waals surface area contributed by atoms with Gasteiger partial charge >= 0.3 is 0 Å². The second-order valence-electron chi connectivity index (χ2n) is 6.75. The highest BCUT2D eigenvalue weighted by Crippen LogP contribution is 2.20. The van der Waals surface area contributed by atoms with Gasteiger partial charge in [-0.1, -0.05) is 13.8 Å². The molecule has 2 unspecified atom stereocenters. The van der Waals surface area contributed by atoms with Gasteiger partial charge in [-0.2, -0.15) is 0 Å². The van der Waals surface area contributed by atoms with E-state index in [-0.39, 0.29) is 17.5 Å². The molecule has 0 spiro atoms. The van der Waals surface area contributed by atoms with Gasteiger partial charge in [0, 0.05) is 30.5 Å². The molecule has 2 heterocycles. The van der Waals surface area contributed by atoms with E-state index in [1.165, 1.54) is 13.2 Å². The molecule has 0 aromatic carbocycles. The van der Waals surface area contributed by atoms with Crippen molar-refractivity contribution in [3.8, 4) is 5.88 Å². The summed E-state index contributed by atoms with van der Waals surface area (Å²) in [5.74, 6) is 0.206. The predicted molar refractivity (Wildman–Crippen MR) is 103 cm³/mol. The van der Waals surface area contributed by atoms with Crippen LogP contribution in [0.4, 0.5) is 10.1 Å². The molecule has 1 aromatic heterocycles. The van der Waals surface area contributed by atoms with Crippen LogP contribution in [0.15, 0.2) is 35.0 Å². The lowest BCUT2D eigenvalue weighted by molar-refractivity contribution is -0.114. The van der Waals surface area contributed by atoms with E-state index >= 15 is 0 Å². The number of aromatic nitrogens is 1. The third kappa shape index (κ3) is 5.73. The van der Waals surface area contributed by atoms with Gasteiger partial charge in [0.05, 0.1) is 12.7 Å². The Kier molecular flexibility index (Phi) is 7.26. The lowest BCUT2D eigenvalue weighted by Gasteiger charge is -2.28. The van der Waals surface area contributed by atoms with Crippen LogP contribution in [0.5, 0.6) is 5.88 Å². The molecule has 148 valence electrons. The van der Waals surface area contributed by atoms with E-state index in [1.54, 1.807) is 18.3 Å². The second kappa shape index (κ2) is 9.43. The number of carbonyl (C=O) groups is 1. The fourth-order valence-electron chi connectivity index (χ4n) is 2.82. The van der Waals surface area contributed by atoms with Crippen LogP contribution in [-0.2, 0) is 4.79 Å². The molecule has 1 amide bonds. The molecular formula is C18H27FN6O2. The Morgan fingerprint density at radius 1 is 1.44 bits per heavy atom. The first kappa shape index (κ1) is 20.8. The fourth-order valence-corrected chi connectivity index (χ4v) is 2.82. The average molecular weight is 378 g/mol. The molecule has 9 heteroatoms. The Balaban J connectivity index is 2.25. The summed E-state index contributed by atoms with van der Waals surface area (Å²) in [5, 5.41) is 6.12. The monoisotopic (exact) mass is 378 g/mol. The van der Waals surface area contributed by atoms with E-state index in [4.69, 9.17) is 16.2 Å². The highest BCUT2D eigenvalue weighted by atomic mass is 19.1. The molecule has 1 aromatic rings. The van der Waals surface area contributed by atoms with Crippen LogP contribution in [0.2, 0.25) is 0 Å². The molecule has 0 aliphatic carbocycles. The first-order chi connectivity index (χ1) is 12.8. The molecule has 6 N–H and O–H groups in total. The maximum absolute atomic E-state index is 14.6. The smallest absolute Gasteiger partial charge is 0.252 e. The van der Waals surface area contributed by atoms with Crippen molar-refractivity contribution in [2.45, 2.75) is 38.6 Å². The summed E-state index contributed by atoms with van der Waals surface area (Å²) in [4.78, 5) is 20.1. The largest absolute Gasteiger partial charge is 0.481 e. The minimum absolute atomic E-state index is 0.00973. The number of nitrogens with two attached hydrogens (primary N) is 2. The number of primary amides is 1. The van der Waals surface area contributed by atoms with Crippen molar-refractivity contribution < 1.29 is 13.9 Å². The number of methoxy groups -OCH3 is 1.